The number of carbonyl (C=O) groups is 1. The first-order chi connectivity index (χ1) is 14.2. The zero-order valence-electron chi connectivity index (χ0n) is 15.9. The molecule has 1 aliphatic heterocycles. The molecule has 0 radical (unpaired) electrons. The number of anilines is 1. The Morgan fingerprint density at radius 1 is 1.33 bits per heavy atom. The van der Waals surface area contributed by atoms with Crippen molar-refractivity contribution in [2.45, 2.75) is 24.7 Å². The fourth-order valence-corrected chi connectivity index (χ4v) is 5.91. The number of aromatic amines is 1. The maximum absolute atomic E-state index is 13.6. The molecule has 9 heteroatoms. The Balaban J connectivity index is 1.94. The number of aromatic nitrogens is 1. The summed E-state index contributed by atoms with van der Waals surface area (Å²) in [6, 6.07) is 9.58. The van der Waals surface area contributed by atoms with E-state index >= 15 is 0 Å². The number of carbonyl (C=O) groups excluding carboxylic acids is 1. The first-order valence-electron chi connectivity index (χ1n) is 9.12. The number of fused-ring (bicyclic) bond motifs is 2. The van der Waals surface area contributed by atoms with Gasteiger partial charge in [-0.05, 0) is 48.7 Å². The zero-order chi connectivity index (χ0) is 21.6. The lowest BCUT2D eigenvalue weighted by Gasteiger charge is -2.21. The Bertz CT molecular complexity index is 1420. The monoisotopic (exact) mass is 441 g/mol. The Labute approximate surface area is 177 Å². The van der Waals surface area contributed by atoms with Crippen LogP contribution in [0.1, 0.15) is 23.6 Å². The van der Waals surface area contributed by atoms with Gasteiger partial charge in [-0.1, -0.05) is 17.7 Å². The molecule has 0 spiro atoms. The van der Waals surface area contributed by atoms with E-state index in [2.05, 4.69) is 4.98 Å². The molecule has 1 aliphatic rings. The number of nitrogens with one attached hydrogen (secondary N) is 1. The SMILES string of the molecule is CC(=O)Cc1cc(C#N)cc2c1CCN2S(=O)(=O)c1cccc2c(=O)[nH]cc(Cl)c12. The molecule has 0 unspecified atom stereocenters. The van der Waals surface area contributed by atoms with Gasteiger partial charge >= 0.3 is 0 Å². The number of halogens is 1. The first-order valence-corrected chi connectivity index (χ1v) is 10.9. The lowest BCUT2D eigenvalue weighted by molar-refractivity contribution is -0.116. The van der Waals surface area contributed by atoms with Crippen molar-refractivity contribution in [2.75, 3.05) is 10.8 Å². The fourth-order valence-electron chi connectivity index (χ4n) is 3.88. The van der Waals surface area contributed by atoms with Crippen LogP contribution < -0.4 is 9.86 Å². The number of hydrogen-bond donors (Lipinski definition) is 1. The van der Waals surface area contributed by atoms with Crippen molar-refractivity contribution in [3.63, 3.8) is 0 Å². The van der Waals surface area contributed by atoms with E-state index in [9.17, 15) is 23.3 Å². The van der Waals surface area contributed by atoms with Gasteiger partial charge in [0.2, 0.25) is 0 Å². The van der Waals surface area contributed by atoms with E-state index < -0.39 is 15.6 Å². The summed E-state index contributed by atoms with van der Waals surface area (Å²) >= 11 is 6.24. The number of hydrogen-bond acceptors (Lipinski definition) is 5. The second-order valence-corrected chi connectivity index (χ2v) is 9.33. The maximum atomic E-state index is 13.6. The molecule has 0 amide bonds. The molecular formula is C21H16ClN3O4S. The highest BCUT2D eigenvalue weighted by molar-refractivity contribution is 7.93. The number of sulfonamides is 1. The maximum Gasteiger partial charge on any atom is 0.265 e. The Hall–Kier alpha value is -3.15. The van der Waals surface area contributed by atoms with Crippen molar-refractivity contribution < 1.29 is 13.2 Å². The lowest BCUT2D eigenvalue weighted by Crippen LogP contribution is -2.29. The summed E-state index contributed by atoms with van der Waals surface area (Å²) in [4.78, 5) is 26.2. The van der Waals surface area contributed by atoms with Crippen LogP contribution in [0.2, 0.25) is 5.02 Å². The van der Waals surface area contributed by atoms with E-state index in [0.717, 1.165) is 5.56 Å². The highest BCUT2D eigenvalue weighted by atomic mass is 35.5. The Kier molecular flexibility index (Phi) is 4.88. The predicted molar refractivity (Wildman–Crippen MR) is 113 cm³/mol. The second-order valence-electron chi connectivity index (χ2n) is 7.10. The molecule has 4 rings (SSSR count). The number of nitriles is 1. The molecule has 1 N–H and O–H groups in total. The minimum atomic E-state index is -4.09. The molecule has 0 bridgehead atoms. The van der Waals surface area contributed by atoms with Crippen LogP contribution in [0.4, 0.5) is 5.69 Å². The number of benzene rings is 2. The van der Waals surface area contributed by atoms with E-state index in [1.54, 1.807) is 6.07 Å². The Morgan fingerprint density at radius 2 is 2.10 bits per heavy atom. The Morgan fingerprint density at radius 3 is 2.80 bits per heavy atom. The number of pyridine rings is 1. The zero-order valence-corrected chi connectivity index (χ0v) is 17.5. The highest BCUT2D eigenvalue weighted by Crippen LogP contribution is 2.38. The van der Waals surface area contributed by atoms with E-state index in [1.807, 2.05) is 6.07 Å². The summed E-state index contributed by atoms with van der Waals surface area (Å²) < 4.78 is 28.4. The van der Waals surface area contributed by atoms with Crippen LogP contribution in [0.5, 0.6) is 0 Å². The number of nitrogens with zero attached hydrogens (tertiary/aromatic N) is 2. The average molecular weight is 442 g/mol. The van der Waals surface area contributed by atoms with Gasteiger partial charge in [-0.2, -0.15) is 5.26 Å². The summed E-state index contributed by atoms with van der Waals surface area (Å²) in [5.74, 6) is -0.0753. The number of Topliss-reactive ketones (excluding diaryl/α,β-unsaturated/α-hetero) is 1. The van der Waals surface area contributed by atoms with Gasteiger partial charge in [0.15, 0.2) is 0 Å². The molecule has 3 aromatic rings. The lowest BCUT2D eigenvalue weighted by atomic mass is 9.98. The van der Waals surface area contributed by atoms with Gasteiger partial charge in [0.25, 0.3) is 15.6 Å². The molecule has 7 nitrogen and oxygen atoms in total. The third kappa shape index (κ3) is 3.16. The van der Waals surface area contributed by atoms with Crippen molar-refractivity contribution in [1.29, 1.82) is 5.26 Å². The normalized spacial score (nSPS) is 13.3. The summed E-state index contributed by atoms with van der Waals surface area (Å²) in [5, 5.41) is 9.82. The van der Waals surface area contributed by atoms with Gasteiger partial charge in [0.1, 0.15) is 5.78 Å². The molecule has 2 heterocycles. The van der Waals surface area contributed by atoms with Crippen molar-refractivity contribution >= 4 is 43.9 Å². The van der Waals surface area contributed by atoms with Crippen LogP contribution in [-0.2, 0) is 27.7 Å². The predicted octanol–water partition coefficient (Wildman–Crippen LogP) is 2.94. The minimum absolute atomic E-state index is 0.0753. The van der Waals surface area contributed by atoms with Crippen LogP contribution in [0, 0.1) is 11.3 Å². The number of ketones is 1. The van der Waals surface area contributed by atoms with Gasteiger partial charge in [-0.25, -0.2) is 8.42 Å². The number of rotatable bonds is 4. The standard InChI is InChI=1S/C21H16ClN3O4S/c1-12(26)7-14-8-13(10-23)9-18-15(14)5-6-25(18)30(28,29)19-4-2-3-16-20(19)17(22)11-24-21(16)27/h2-4,8-9,11H,5-7H2,1H3,(H,24,27). The highest BCUT2D eigenvalue weighted by Gasteiger charge is 2.34. The third-order valence-corrected chi connectivity index (χ3v) is 7.28. The summed E-state index contributed by atoms with van der Waals surface area (Å²) in [7, 11) is -4.09. The third-order valence-electron chi connectivity index (χ3n) is 5.13. The molecular weight excluding hydrogens is 426 g/mol. The van der Waals surface area contributed by atoms with Gasteiger partial charge in [-0.15, -0.1) is 0 Å². The van der Waals surface area contributed by atoms with Crippen LogP contribution in [-0.4, -0.2) is 25.7 Å². The van der Waals surface area contributed by atoms with Gasteiger partial charge in [-0.3, -0.25) is 13.9 Å². The van der Waals surface area contributed by atoms with E-state index in [1.165, 1.54) is 41.7 Å². The van der Waals surface area contributed by atoms with Crippen molar-refractivity contribution in [1.82, 2.24) is 4.98 Å². The molecule has 0 saturated carbocycles. The van der Waals surface area contributed by atoms with E-state index in [4.69, 9.17) is 11.6 Å². The van der Waals surface area contributed by atoms with Crippen molar-refractivity contribution in [3.05, 3.63) is 68.6 Å². The second kappa shape index (κ2) is 7.27. The van der Waals surface area contributed by atoms with Crippen molar-refractivity contribution in [3.8, 4) is 6.07 Å². The molecule has 2 aromatic carbocycles. The molecule has 152 valence electrons. The van der Waals surface area contributed by atoms with Crippen LogP contribution in [0.3, 0.4) is 0 Å². The summed E-state index contributed by atoms with van der Waals surface area (Å²) in [5.41, 5.74) is 1.60. The summed E-state index contributed by atoms with van der Waals surface area (Å²) in [6.45, 7) is 1.61. The molecule has 0 fully saturated rings. The molecule has 1 aromatic heterocycles. The van der Waals surface area contributed by atoms with Crippen LogP contribution in [0.15, 0.2) is 46.2 Å². The smallest absolute Gasteiger partial charge is 0.265 e. The van der Waals surface area contributed by atoms with E-state index in [0.29, 0.717) is 17.7 Å². The average Bonchev–Trinajstić information content (AvgIpc) is 3.15. The van der Waals surface area contributed by atoms with Gasteiger partial charge < -0.3 is 4.98 Å². The van der Waals surface area contributed by atoms with Gasteiger partial charge in [0.05, 0.1) is 27.2 Å². The van der Waals surface area contributed by atoms with Gasteiger partial charge in [0, 0.05) is 29.9 Å². The largest absolute Gasteiger partial charge is 0.327 e. The first kappa shape index (κ1) is 20.1. The quantitative estimate of drug-likeness (QED) is 0.669. The minimum Gasteiger partial charge on any atom is -0.327 e. The fraction of sp³-hybridized carbons (Fsp3) is 0.190. The molecule has 0 aliphatic carbocycles. The molecule has 30 heavy (non-hydrogen) atoms. The number of H-pyrrole nitrogens is 1. The van der Waals surface area contributed by atoms with Crippen LogP contribution >= 0.6 is 11.6 Å². The summed E-state index contributed by atoms with van der Waals surface area (Å²) in [6.07, 6.45) is 1.81. The topological polar surface area (TPSA) is 111 Å². The van der Waals surface area contributed by atoms with Crippen LogP contribution in [0.25, 0.3) is 10.8 Å². The van der Waals surface area contributed by atoms with Crippen molar-refractivity contribution in [2.24, 2.45) is 0 Å². The van der Waals surface area contributed by atoms with E-state index in [-0.39, 0.29) is 45.0 Å². The molecule has 0 atom stereocenters. The molecule has 0 saturated heterocycles.